The van der Waals surface area contributed by atoms with Crippen LogP contribution in [-0.4, -0.2) is 16.9 Å². The Bertz CT molecular complexity index is 869. The summed E-state index contributed by atoms with van der Waals surface area (Å²) in [6, 6.07) is 16.4. The van der Waals surface area contributed by atoms with Gasteiger partial charge in [0.2, 0.25) is 5.91 Å². The van der Waals surface area contributed by atoms with Crippen molar-refractivity contribution in [1.82, 2.24) is 4.98 Å². The number of hydrogen-bond donors (Lipinski definition) is 1. The number of rotatable bonds is 2. The number of hydrogen-bond acceptors (Lipinski definition) is 4. The van der Waals surface area contributed by atoms with E-state index in [-0.39, 0.29) is 18.0 Å². The summed E-state index contributed by atoms with van der Waals surface area (Å²) in [7, 11) is 0. The Morgan fingerprint density at radius 2 is 1.96 bits per heavy atom. The summed E-state index contributed by atoms with van der Waals surface area (Å²) in [5, 5.41) is 3.40. The van der Waals surface area contributed by atoms with E-state index >= 15 is 0 Å². The second-order valence-electron chi connectivity index (χ2n) is 6.22. The lowest BCUT2D eigenvalue weighted by Crippen LogP contribution is -2.43. The van der Waals surface area contributed by atoms with Crippen LogP contribution >= 0.6 is 0 Å². The molecular weight excluding hydrogens is 302 g/mol. The number of aromatic nitrogens is 1. The molecule has 24 heavy (non-hydrogen) atoms. The lowest BCUT2D eigenvalue weighted by molar-refractivity contribution is -0.117. The number of fused-ring (bicyclic) bond motifs is 2. The molecule has 0 fully saturated rings. The summed E-state index contributed by atoms with van der Waals surface area (Å²) < 4.78 is 5.79. The predicted molar refractivity (Wildman–Crippen MR) is 94.1 cm³/mol. The van der Waals surface area contributed by atoms with Crippen molar-refractivity contribution >= 4 is 28.7 Å². The lowest BCUT2D eigenvalue weighted by Gasteiger charge is -2.38. The molecule has 2 heterocycles. The van der Waals surface area contributed by atoms with E-state index in [1.54, 1.807) is 6.92 Å². The zero-order valence-corrected chi connectivity index (χ0v) is 13.7. The Balaban J connectivity index is 1.70. The lowest BCUT2D eigenvalue weighted by atomic mass is 9.92. The minimum atomic E-state index is 0.0554. The summed E-state index contributed by atoms with van der Waals surface area (Å²) >= 11 is 0. The molecule has 4 rings (SSSR count). The maximum Gasteiger partial charge on any atom is 0.296 e. The van der Waals surface area contributed by atoms with Crippen LogP contribution in [0.1, 0.15) is 31.9 Å². The molecular formula is C19H19N3O2. The number of para-hydroxylation sites is 3. The van der Waals surface area contributed by atoms with E-state index in [0.29, 0.717) is 6.01 Å². The largest absolute Gasteiger partial charge is 0.424 e. The van der Waals surface area contributed by atoms with E-state index in [4.69, 9.17) is 4.42 Å². The fourth-order valence-electron chi connectivity index (χ4n) is 3.51. The summed E-state index contributed by atoms with van der Waals surface area (Å²) in [5.74, 6) is 0.0651. The number of anilines is 2. The number of oxazole rings is 1. The van der Waals surface area contributed by atoms with Gasteiger partial charge < -0.3 is 14.6 Å². The number of benzene rings is 2. The number of nitrogens with one attached hydrogen (secondary N) is 1. The van der Waals surface area contributed by atoms with Gasteiger partial charge in [-0.1, -0.05) is 30.3 Å². The first-order valence-electron chi connectivity index (χ1n) is 8.14. The van der Waals surface area contributed by atoms with Crippen LogP contribution in [0, 0.1) is 0 Å². The van der Waals surface area contributed by atoms with Crippen LogP contribution in [-0.2, 0) is 4.79 Å². The average molecular weight is 321 g/mol. The summed E-state index contributed by atoms with van der Waals surface area (Å²) in [6.07, 6.45) is 0.801. The fourth-order valence-corrected chi connectivity index (χ4v) is 3.51. The molecule has 0 saturated carbocycles. The number of carbonyl (C=O) groups excluding carboxylic acids is 1. The summed E-state index contributed by atoms with van der Waals surface area (Å²) in [4.78, 5) is 18.4. The Morgan fingerprint density at radius 1 is 1.21 bits per heavy atom. The van der Waals surface area contributed by atoms with Crippen molar-refractivity contribution in [2.75, 3.05) is 10.2 Å². The van der Waals surface area contributed by atoms with E-state index < -0.39 is 0 Å². The SMILES string of the molecule is CC(=O)N1c2ccccc2[C@H](Nc2nc3ccccc3o2)C[C@@H]1C. The van der Waals surface area contributed by atoms with E-state index in [1.807, 2.05) is 47.4 Å². The van der Waals surface area contributed by atoms with Gasteiger partial charge in [0.1, 0.15) is 5.52 Å². The van der Waals surface area contributed by atoms with Gasteiger partial charge >= 0.3 is 0 Å². The minimum Gasteiger partial charge on any atom is -0.424 e. The Labute approximate surface area is 140 Å². The smallest absolute Gasteiger partial charge is 0.296 e. The first-order chi connectivity index (χ1) is 11.6. The number of nitrogens with zero attached hydrogens (tertiary/aromatic N) is 2. The van der Waals surface area contributed by atoms with Crippen molar-refractivity contribution in [3.8, 4) is 0 Å². The third kappa shape index (κ3) is 2.42. The predicted octanol–water partition coefficient (Wildman–Crippen LogP) is 4.13. The molecule has 1 N–H and O–H groups in total. The first kappa shape index (κ1) is 14.8. The van der Waals surface area contributed by atoms with Gasteiger partial charge in [0.25, 0.3) is 6.01 Å². The molecule has 2 aromatic carbocycles. The van der Waals surface area contributed by atoms with Crippen LogP contribution in [0.2, 0.25) is 0 Å². The van der Waals surface area contributed by atoms with Crippen molar-refractivity contribution in [2.45, 2.75) is 32.4 Å². The maximum atomic E-state index is 12.0. The second-order valence-corrected chi connectivity index (χ2v) is 6.22. The van der Waals surface area contributed by atoms with Gasteiger partial charge in [0.05, 0.1) is 6.04 Å². The summed E-state index contributed by atoms with van der Waals surface area (Å²) in [5.41, 5.74) is 3.65. The molecule has 0 saturated heterocycles. The van der Waals surface area contributed by atoms with Crippen LogP contribution in [0.15, 0.2) is 52.9 Å². The van der Waals surface area contributed by atoms with Crippen molar-refractivity contribution in [3.05, 3.63) is 54.1 Å². The normalized spacial score (nSPS) is 20.0. The first-order valence-corrected chi connectivity index (χ1v) is 8.14. The van der Waals surface area contributed by atoms with Crippen molar-refractivity contribution in [1.29, 1.82) is 0 Å². The van der Waals surface area contributed by atoms with Crippen molar-refractivity contribution < 1.29 is 9.21 Å². The van der Waals surface area contributed by atoms with Crippen LogP contribution in [0.3, 0.4) is 0 Å². The molecule has 3 aromatic rings. The molecule has 1 aromatic heterocycles. The molecule has 122 valence electrons. The molecule has 1 amide bonds. The topological polar surface area (TPSA) is 58.4 Å². The van der Waals surface area contributed by atoms with Gasteiger partial charge in [0.15, 0.2) is 5.58 Å². The molecule has 1 aliphatic heterocycles. The zero-order chi connectivity index (χ0) is 16.7. The van der Waals surface area contributed by atoms with Gasteiger partial charge in [-0.2, -0.15) is 4.98 Å². The summed E-state index contributed by atoms with van der Waals surface area (Å²) in [6.45, 7) is 3.68. The van der Waals surface area contributed by atoms with E-state index in [2.05, 4.69) is 23.3 Å². The van der Waals surface area contributed by atoms with Crippen molar-refractivity contribution in [2.24, 2.45) is 0 Å². The minimum absolute atomic E-state index is 0.0554. The van der Waals surface area contributed by atoms with Crippen LogP contribution in [0.5, 0.6) is 0 Å². The van der Waals surface area contributed by atoms with Crippen LogP contribution < -0.4 is 10.2 Å². The highest BCUT2D eigenvalue weighted by Gasteiger charge is 2.32. The average Bonchev–Trinajstić information content (AvgIpc) is 2.96. The molecule has 0 unspecified atom stereocenters. The van der Waals surface area contributed by atoms with Crippen LogP contribution in [0.25, 0.3) is 11.1 Å². The van der Waals surface area contributed by atoms with Gasteiger partial charge in [0, 0.05) is 18.7 Å². The quantitative estimate of drug-likeness (QED) is 0.771. The highest BCUT2D eigenvalue weighted by atomic mass is 16.4. The molecule has 2 atom stereocenters. The highest BCUT2D eigenvalue weighted by Crippen LogP contribution is 2.39. The van der Waals surface area contributed by atoms with Gasteiger partial charge in [-0.3, -0.25) is 4.79 Å². The van der Waals surface area contributed by atoms with E-state index in [0.717, 1.165) is 28.8 Å². The fraction of sp³-hybridized carbons (Fsp3) is 0.263. The molecule has 0 radical (unpaired) electrons. The Morgan fingerprint density at radius 3 is 2.75 bits per heavy atom. The van der Waals surface area contributed by atoms with Crippen LogP contribution in [0.4, 0.5) is 11.7 Å². The van der Waals surface area contributed by atoms with Crippen molar-refractivity contribution in [3.63, 3.8) is 0 Å². The monoisotopic (exact) mass is 321 g/mol. The van der Waals surface area contributed by atoms with E-state index in [1.165, 1.54) is 0 Å². The second kappa shape index (κ2) is 5.67. The third-order valence-corrected chi connectivity index (χ3v) is 4.52. The third-order valence-electron chi connectivity index (χ3n) is 4.52. The molecule has 0 bridgehead atoms. The highest BCUT2D eigenvalue weighted by molar-refractivity contribution is 5.93. The standard InChI is InChI=1S/C19H19N3O2/c1-12-11-16(14-7-3-5-9-17(14)22(12)13(2)23)21-19-20-15-8-4-6-10-18(15)24-19/h3-10,12,16H,11H2,1-2H3,(H,20,21)/t12-,16+/m0/s1. The molecule has 5 heteroatoms. The van der Waals surface area contributed by atoms with E-state index in [9.17, 15) is 4.79 Å². The maximum absolute atomic E-state index is 12.0. The molecule has 0 aliphatic carbocycles. The number of carbonyl (C=O) groups is 1. The Hall–Kier alpha value is -2.82. The Kier molecular flexibility index (Phi) is 3.49. The zero-order valence-electron chi connectivity index (χ0n) is 13.7. The number of amides is 1. The van der Waals surface area contributed by atoms with Gasteiger partial charge in [-0.25, -0.2) is 0 Å². The molecule has 5 nitrogen and oxygen atoms in total. The van der Waals surface area contributed by atoms with Gasteiger partial charge in [-0.05, 0) is 37.1 Å². The molecule has 1 aliphatic rings. The molecule has 0 spiro atoms. The van der Waals surface area contributed by atoms with Gasteiger partial charge in [-0.15, -0.1) is 0 Å².